The molecule has 1 saturated carbocycles. The first-order chi connectivity index (χ1) is 9.42. The van der Waals surface area contributed by atoms with E-state index in [1.165, 1.54) is 5.56 Å². The maximum atomic E-state index is 12.3. The van der Waals surface area contributed by atoms with E-state index in [0.717, 1.165) is 31.7 Å². The van der Waals surface area contributed by atoms with E-state index in [-0.39, 0.29) is 11.3 Å². The Bertz CT molecular complexity index is 482. The van der Waals surface area contributed by atoms with Crippen LogP contribution in [0.15, 0.2) is 24.3 Å². The Morgan fingerprint density at radius 2 is 2.15 bits per heavy atom. The molecular weight excluding hydrogens is 250 g/mol. The van der Waals surface area contributed by atoms with Crippen LogP contribution in [-0.4, -0.2) is 31.4 Å². The van der Waals surface area contributed by atoms with E-state index < -0.39 is 0 Å². The zero-order chi connectivity index (χ0) is 14.8. The minimum absolute atomic E-state index is 0.124. The molecule has 0 heterocycles. The standard InChI is InChI=1S/C17H25NO2/c1-17(2)9-8-14(16(17)19)12-18(3)11-13-6-5-7-15(10-13)20-4/h5-7,10,14H,8-9,11-12H2,1-4H3. The number of carbonyl (C=O) groups excluding carboxylic acids is 1. The fourth-order valence-electron chi connectivity index (χ4n) is 3.04. The normalized spacial score (nSPS) is 21.4. The molecule has 0 bridgehead atoms. The van der Waals surface area contributed by atoms with Gasteiger partial charge in [-0.3, -0.25) is 4.79 Å². The van der Waals surface area contributed by atoms with Gasteiger partial charge in [0.2, 0.25) is 0 Å². The van der Waals surface area contributed by atoms with E-state index in [2.05, 4.69) is 37.9 Å². The van der Waals surface area contributed by atoms with Crippen LogP contribution in [0.2, 0.25) is 0 Å². The molecule has 0 saturated heterocycles. The number of carbonyl (C=O) groups is 1. The summed E-state index contributed by atoms with van der Waals surface area (Å²) in [6.07, 6.45) is 2.04. The Hall–Kier alpha value is -1.35. The molecule has 1 aliphatic rings. The SMILES string of the molecule is COc1cccc(CN(C)CC2CCC(C)(C)C2=O)c1. The van der Waals surface area contributed by atoms with E-state index in [1.807, 2.05) is 12.1 Å². The van der Waals surface area contributed by atoms with Gasteiger partial charge in [-0.25, -0.2) is 0 Å². The van der Waals surface area contributed by atoms with Crippen LogP contribution < -0.4 is 4.74 Å². The van der Waals surface area contributed by atoms with Crippen LogP contribution in [0.4, 0.5) is 0 Å². The number of rotatable bonds is 5. The molecule has 3 nitrogen and oxygen atoms in total. The molecule has 2 rings (SSSR count). The molecular formula is C17H25NO2. The molecule has 1 fully saturated rings. The van der Waals surface area contributed by atoms with Crippen molar-refractivity contribution in [1.29, 1.82) is 0 Å². The van der Waals surface area contributed by atoms with E-state index >= 15 is 0 Å². The monoisotopic (exact) mass is 275 g/mol. The van der Waals surface area contributed by atoms with Crippen molar-refractivity contribution in [2.75, 3.05) is 20.7 Å². The molecule has 0 N–H and O–H groups in total. The first-order valence-electron chi connectivity index (χ1n) is 7.28. The van der Waals surface area contributed by atoms with Gasteiger partial charge in [0.1, 0.15) is 11.5 Å². The average molecular weight is 275 g/mol. The molecule has 0 amide bonds. The third-order valence-corrected chi connectivity index (χ3v) is 4.27. The number of nitrogens with zero attached hydrogens (tertiary/aromatic N) is 1. The topological polar surface area (TPSA) is 29.5 Å². The smallest absolute Gasteiger partial charge is 0.142 e. The summed E-state index contributed by atoms with van der Waals surface area (Å²) in [5.41, 5.74) is 1.10. The number of ketones is 1. The highest BCUT2D eigenvalue weighted by molar-refractivity contribution is 5.88. The second-order valence-corrected chi connectivity index (χ2v) is 6.53. The predicted octanol–water partition coefficient (Wildman–Crippen LogP) is 3.13. The Kier molecular flexibility index (Phi) is 4.48. The molecule has 20 heavy (non-hydrogen) atoms. The summed E-state index contributed by atoms with van der Waals surface area (Å²) in [5, 5.41) is 0. The fraction of sp³-hybridized carbons (Fsp3) is 0.588. The van der Waals surface area contributed by atoms with E-state index in [1.54, 1.807) is 7.11 Å². The largest absolute Gasteiger partial charge is 0.497 e. The van der Waals surface area contributed by atoms with Gasteiger partial charge in [0.25, 0.3) is 0 Å². The summed E-state index contributed by atoms with van der Waals surface area (Å²) >= 11 is 0. The molecule has 3 heteroatoms. The summed E-state index contributed by atoms with van der Waals surface area (Å²) in [5.74, 6) is 1.50. The molecule has 1 aromatic rings. The minimum Gasteiger partial charge on any atom is -0.497 e. The van der Waals surface area contributed by atoms with Crippen molar-refractivity contribution in [1.82, 2.24) is 4.90 Å². The van der Waals surface area contributed by atoms with Crippen LogP contribution in [0.5, 0.6) is 5.75 Å². The maximum Gasteiger partial charge on any atom is 0.142 e. The lowest BCUT2D eigenvalue weighted by atomic mass is 9.89. The van der Waals surface area contributed by atoms with Crippen LogP contribution in [-0.2, 0) is 11.3 Å². The lowest BCUT2D eigenvalue weighted by molar-refractivity contribution is -0.127. The van der Waals surface area contributed by atoms with Gasteiger partial charge in [0, 0.05) is 24.4 Å². The summed E-state index contributed by atoms with van der Waals surface area (Å²) < 4.78 is 5.24. The van der Waals surface area contributed by atoms with Crippen molar-refractivity contribution < 1.29 is 9.53 Å². The second-order valence-electron chi connectivity index (χ2n) is 6.53. The van der Waals surface area contributed by atoms with Gasteiger partial charge in [-0.05, 0) is 37.6 Å². The highest BCUT2D eigenvalue weighted by atomic mass is 16.5. The summed E-state index contributed by atoms with van der Waals surface area (Å²) in [4.78, 5) is 14.5. The van der Waals surface area contributed by atoms with Crippen molar-refractivity contribution in [2.24, 2.45) is 11.3 Å². The van der Waals surface area contributed by atoms with Crippen LogP contribution in [0.1, 0.15) is 32.3 Å². The van der Waals surface area contributed by atoms with Crippen molar-refractivity contribution in [3.8, 4) is 5.75 Å². The third-order valence-electron chi connectivity index (χ3n) is 4.27. The zero-order valence-corrected chi connectivity index (χ0v) is 13.0. The third kappa shape index (κ3) is 3.40. The number of ether oxygens (including phenoxy) is 1. The number of hydrogen-bond acceptors (Lipinski definition) is 3. The highest BCUT2D eigenvalue weighted by Crippen LogP contribution is 2.37. The van der Waals surface area contributed by atoms with Crippen molar-refractivity contribution in [3.05, 3.63) is 29.8 Å². The number of methoxy groups -OCH3 is 1. The highest BCUT2D eigenvalue weighted by Gasteiger charge is 2.40. The fourth-order valence-corrected chi connectivity index (χ4v) is 3.04. The van der Waals surface area contributed by atoms with Gasteiger partial charge in [-0.15, -0.1) is 0 Å². The van der Waals surface area contributed by atoms with Crippen LogP contribution >= 0.6 is 0 Å². The number of hydrogen-bond donors (Lipinski definition) is 0. The Labute approximate surface area is 121 Å². The minimum atomic E-state index is -0.124. The molecule has 1 atom stereocenters. The van der Waals surface area contributed by atoms with Gasteiger partial charge >= 0.3 is 0 Å². The Morgan fingerprint density at radius 3 is 2.75 bits per heavy atom. The van der Waals surface area contributed by atoms with Crippen LogP contribution in [0.3, 0.4) is 0 Å². The van der Waals surface area contributed by atoms with Gasteiger partial charge in [0.15, 0.2) is 0 Å². The zero-order valence-electron chi connectivity index (χ0n) is 13.0. The molecule has 0 aromatic heterocycles. The number of Topliss-reactive ketones (excluding diaryl/α,β-unsaturated/α-hetero) is 1. The Balaban J connectivity index is 1.92. The molecule has 1 aromatic carbocycles. The molecule has 1 unspecified atom stereocenters. The maximum absolute atomic E-state index is 12.3. The Morgan fingerprint density at radius 1 is 1.40 bits per heavy atom. The summed E-state index contributed by atoms with van der Waals surface area (Å²) in [7, 11) is 3.76. The van der Waals surface area contributed by atoms with Crippen LogP contribution in [0, 0.1) is 11.3 Å². The quantitative estimate of drug-likeness (QED) is 0.827. The molecule has 110 valence electrons. The number of benzene rings is 1. The van der Waals surface area contributed by atoms with Gasteiger partial charge in [-0.2, -0.15) is 0 Å². The van der Waals surface area contributed by atoms with Gasteiger partial charge in [-0.1, -0.05) is 26.0 Å². The van der Waals surface area contributed by atoms with Crippen molar-refractivity contribution >= 4 is 5.78 Å². The van der Waals surface area contributed by atoms with E-state index in [0.29, 0.717) is 5.78 Å². The van der Waals surface area contributed by atoms with Crippen LogP contribution in [0.25, 0.3) is 0 Å². The first kappa shape index (κ1) is 15.0. The van der Waals surface area contributed by atoms with Gasteiger partial charge < -0.3 is 9.64 Å². The molecule has 0 aliphatic heterocycles. The summed E-state index contributed by atoms with van der Waals surface area (Å²) in [6.45, 7) is 5.83. The second kappa shape index (κ2) is 5.96. The van der Waals surface area contributed by atoms with Gasteiger partial charge in [0.05, 0.1) is 7.11 Å². The lowest BCUT2D eigenvalue weighted by Gasteiger charge is -2.22. The van der Waals surface area contributed by atoms with E-state index in [9.17, 15) is 4.79 Å². The van der Waals surface area contributed by atoms with Crippen molar-refractivity contribution in [3.63, 3.8) is 0 Å². The van der Waals surface area contributed by atoms with E-state index in [4.69, 9.17) is 4.74 Å². The first-order valence-corrected chi connectivity index (χ1v) is 7.28. The summed E-state index contributed by atoms with van der Waals surface area (Å²) in [6, 6.07) is 8.11. The molecule has 0 radical (unpaired) electrons. The average Bonchev–Trinajstić information content (AvgIpc) is 2.66. The molecule has 0 spiro atoms. The van der Waals surface area contributed by atoms with Crippen molar-refractivity contribution in [2.45, 2.75) is 33.2 Å². The predicted molar refractivity (Wildman–Crippen MR) is 80.8 cm³/mol. The lowest BCUT2D eigenvalue weighted by Crippen LogP contribution is -2.31. The molecule has 1 aliphatic carbocycles.